The molecule has 4 heteroatoms. The average Bonchev–Trinajstić information content (AvgIpc) is 2.47. The van der Waals surface area contributed by atoms with Gasteiger partial charge in [0.05, 0.1) is 22.5 Å². The fourth-order valence-corrected chi connectivity index (χ4v) is 2.24. The van der Waals surface area contributed by atoms with Crippen molar-refractivity contribution in [3.8, 4) is 23.3 Å². The monoisotopic (exact) mass is 276 g/mol. The summed E-state index contributed by atoms with van der Waals surface area (Å²) in [6.45, 7) is 2.01. The molecular weight excluding hydrogens is 260 g/mol. The quantitative estimate of drug-likeness (QED) is 0.855. The van der Waals surface area contributed by atoms with Crippen LogP contribution in [-0.2, 0) is 0 Å². The van der Waals surface area contributed by atoms with E-state index in [0.717, 1.165) is 16.7 Å². The van der Waals surface area contributed by atoms with E-state index in [1.807, 2.05) is 56.3 Å². The lowest BCUT2D eigenvalue weighted by Crippen LogP contribution is -2.13. The fraction of sp³-hybridized carbons (Fsp3) is 0.176. The molecule has 0 atom stereocenters. The Morgan fingerprint density at radius 1 is 1.00 bits per heavy atom. The molecule has 4 nitrogen and oxygen atoms in total. The molecule has 2 rings (SSSR count). The van der Waals surface area contributed by atoms with Gasteiger partial charge in [0.2, 0.25) is 0 Å². The van der Waals surface area contributed by atoms with Gasteiger partial charge in [0.1, 0.15) is 12.1 Å². The van der Waals surface area contributed by atoms with Crippen molar-refractivity contribution in [3.05, 3.63) is 47.0 Å². The van der Waals surface area contributed by atoms with Gasteiger partial charge in [-0.05, 0) is 18.6 Å². The molecule has 0 aliphatic heterocycles. The second kappa shape index (κ2) is 5.56. The first-order valence-electron chi connectivity index (χ1n) is 6.50. The number of nitriles is 2. The molecule has 0 aliphatic carbocycles. The Kier molecular flexibility index (Phi) is 3.82. The van der Waals surface area contributed by atoms with E-state index in [0.29, 0.717) is 16.8 Å². The topological polar surface area (TPSA) is 76.8 Å². The highest BCUT2D eigenvalue weighted by molar-refractivity contribution is 5.86. The molecule has 0 amide bonds. The summed E-state index contributed by atoms with van der Waals surface area (Å²) in [5.74, 6) is 0. The van der Waals surface area contributed by atoms with Crippen molar-refractivity contribution in [1.82, 2.24) is 0 Å². The molecule has 0 aromatic heterocycles. The molecular formula is C17H16N4. The highest BCUT2D eigenvalue weighted by atomic mass is 15.1. The maximum atomic E-state index is 9.41. The number of nitrogens with zero attached hydrogens (tertiary/aromatic N) is 3. The fourth-order valence-electron chi connectivity index (χ4n) is 2.24. The Labute approximate surface area is 124 Å². The molecule has 2 aromatic carbocycles. The number of rotatable bonds is 2. The Balaban J connectivity index is 2.80. The minimum atomic E-state index is 0.238. The van der Waals surface area contributed by atoms with Gasteiger partial charge in [-0.15, -0.1) is 0 Å². The number of anilines is 2. The zero-order chi connectivity index (χ0) is 15.6. The molecule has 104 valence electrons. The van der Waals surface area contributed by atoms with Crippen LogP contribution in [0.5, 0.6) is 0 Å². The van der Waals surface area contributed by atoms with Gasteiger partial charge < -0.3 is 10.6 Å². The van der Waals surface area contributed by atoms with E-state index in [2.05, 4.69) is 12.1 Å². The first-order chi connectivity index (χ1) is 9.99. The molecule has 0 saturated carbocycles. The lowest BCUT2D eigenvalue weighted by Gasteiger charge is -2.19. The summed E-state index contributed by atoms with van der Waals surface area (Å²) in [6, 6.07) is 13.9. The van der Waals surface area contributed by atoms with Gasteiger partial charge in [-0.2, -0.15) is 10.5 Å². The van der Waals surface area contributed by atoms with Crippen LogP contribution in [0.1, 0.15) is 16.7 Å². The van der Waals surface area contributed by atoms with E-state index in [9.17, 15) is 10.5 Å². The number of hydrogen-bond acceptors (Lipinski definition) is 4. The molecule has 0 spiro atoms. The summed E-state index contributed by atoms with van der Waals surface area (Å²) < 4.78 is 0. The Bertz CT molecular complexity index is 759. The van der Waals surface area contributed by atoms with Crippen LogP contribution in [0, 0.1) is 29.6 Å². The summed E-state index contributed by atoms with van der Waals surface area (Å²) in [5.41, 5.74) is 10.5. The van der Waals surface area contributed by atoms with E-state index >= 15 is 0 Å². The minimum Gasteiger partial charge on any atom is -0.396 e. The zero-order valence-corrected chi connectivity index (χ0v) is 12.3. The zero-order valence-electron chi connectivity index (χ0n) is 12.3. The molecule has 0 aliphatic rings. The van der Waals surface area contributed by atoms with Crippen LogP contribution in [-0.4, -0.2) is 14.1 Å². The molecule has 2 N–H and O–H groups in total. The van der Waals surface area contributed by atoms with Crippen LogP contribution in [0.2, 0.25) is 0 Å². The predicted molar refractivity (Wildman–Crippen MR) is 84.8 cm³/mol. The number of aryl methyl sites for hydroxylation is 1. The van der Waals surface area contributed by atoms with Gasteiger partial charge in [0, 0.05) is 19.7 Å². The molecule has 0 heterocycles. The van der Waals surface area contributed by atoms with E-state index < -0.39 is 0 Å². The van der Waals surface area contributed by atoms with Gasteiger partial charge in [-0.3, -0.25) is 0 Å². The van der Waals surface area contributed by atoms with Crippen molar-refractivity contribution >= 4 is 11.4 Å². The Hall–Kier alpha value is -2.98. The maximum absolute atomic E-state index is 9.41. The molecule has 0 saturated heterocycles. The normalized spacial score (nSPS) is 9.76. The average molecular weight is 276 g/mol. The molecule has 2 aromatic rings. The first kappa shape index (κ1) is 14.4. The number of nitrogen functional groups attached to an aromatic ring is 1. The van der Waals surface area contributed by atoms with Crippen molar-refractivity contribution in [3.63, 3.8) is 0 Å². The molecule has 0 radical (unpaired) electrons. The summed E-state index contributed by atoms with van der Waals surface area (Å²) in [6.07, 6.45) is 0. The van der Waals surface area contributed by atoms with Gasteiger partial charge >= 0.3 is 0 Å². The van der Waals surface area contributed by atoms with Gasteiger partial charge in [0.25, 0.3) is 0 Å². The van der Waals surface area contributed by atoms with E-state index in [4.69, 9.17) is 5.73 Å². The third-order valence-electron chi connectivity index (χ3n) is 3.41. The smallest absolute Gasteiger partial charge is 0.104 e. The van der Waals surface area contributed by atoms with Gasteiger partial charge in [0.15, 0.2) is 0 Å². The van der Waals surface area contributed by atoms with Crippen LogP contribution in [0.4, 0.5) is 11.4 Å². The lowest BCUT2D eigenvalue weighted by atomic mass is 9.94. The van der Waals surface area contributed by atoms with E-state index in [1.165, 1.54) is 0 Å². The first-order valence-corrected chi connectivity index (χ1v) is 6.50. The van der Waals surface area contributed by atoms with Crippen LogP contribution < -0.4 is 10.6 Å². The second-order valence-electron chi connectivity index (χ2n) is 5.09. The van der Waals surface area contributed by atoms with Crippen molar-refractivity contribution in [2.24, 2.45) is 0 Å². The third-order valence-corrected chi connectivity index (χ3v) is 3.41. The summed E-state index contributed by atoms with van der Waals surface area (Å²) in [7, 11) is 3.70. The van der Waals surface area contributed by atoms with Crippen LogP contribution in [0.15, 0.2) is 30.3 Å². The Morgan fingerprint density at radius 2 is 1.57 bits per heavy atom. The third kappa shape index (κ3) is 2.52. The molecule has 0 bridgehead atoms. The largest absolute Gasteiger partial charge is 0.396 e. The highest BCUT2D eigenvalue weighted by Crippen LogP contribution is 2.35. The maximum Gasteiger partial charge on any atom is 0.104 e. The van der Waals surface area contributed by atoms with Crippen molar-refractivity contribution in [1.29, 1.82) is 10.5 Å². The van der Waals surface area contributed by atoms with Gasteiger partial charge in [-0.1, -0.05) is 29.8 Å². The van der Waals surface area contributed by atoms with Crippen LogP contribution in [0.3, 0.4) is 0 Å². The number of hydrogen-bond donors (Lipinski definition) is 1. The number of benzene rings is 2. The second-order valence-corrected chi connectivity index (χ2v) is 5.09. The van der Waals surface area contributed by atoms with Crippen molar-refractivity contribution < 1.29 is 0 Å². The van der Waals surface area contributed by atoms with Crippen LogP contribution in [0.25, 0.3) is 11.1 Å². The Morgan fingerprint density at radius 3 is 2.05 bits per heavy atom. The lowest BCUT2D eigenvalue weighted by molar-refractivity contribution is 1.12. The molecule has 0 unspecified atom stereocenters. The standard InChI is InChI=1S/C17H16N4/c1-11-4-6-12(7-5-11)13-8-16(21(2)3)15(10-19)17(20)14(13)9-18/h4-8H,20H2,1-3H3. The minimum absolute atomic E-state index is 0.238. The summed E-state index contributed by atoms with van der Waals surface area (Å²) in [5, 5.41) is 18.7. The van der Waals surface area contributed by atoms with E-state index in [1.54, 1.807) is 0 Å². The SMILES string of the molecule is Cc1ccc(-c2cc(N(C)C)c(C#N)c(N)c2C#N)cc1. The van der Waals surface area contributed by atoms with E-state index in [-0.39, 0.29) is 5.69 Å². The summed E-state index contributed by atoms with van der Waals surface area (Å²) >= 11 is 0. The van der Waals surface area contributed by atoms with Gasteiger partial charge in [-0.25, -0.2) is 0 Å². The highest BCUT2D eigenvalue weighted by Gasteiger charge is 2.18. The van der Waals surface area contributed by atoms with Crippen molar-refractivity contribution in [2.45, 2.75) is 6.92 Å². The van der Waals surface area contributed by atoms with Crippen molar-refractivity contribution in [2.75, 3.05) is 24.7 Å². The molecule has 0 fully saturated rings. The predicted octanol–water partition coefficient (Wildman–Crippen LogP) is 3.05. The van der Waals surface area contributed by atoms with Crippen LogP contribution >= 0.6 is 0 Å². The number of nitrogens with two attached hydrogens (primary N) is 1. The molecule has 21 heavy (non-hydrogen) atoms. The summed E-state index contributed by atoms with van der Waals surface area (Å²) in [4.78, 5) is 1.83.